The molecule has 1 rings (SSSR count). The van der Waals surface area contributed by atoms with E-state index in [-0.39, 0.29) is 5.91 Å². The summed E-state index contributed by atoms with van der Waals surface area (Å²) in [6, 6.07) is 3.47. The van der Waals surface area contributed by atoms with Gasteiger partial charge < -0.3 is 25.4 Å². The third kappa shape index (κ3) is 8.97. The van der Waals surface area contributed by atoms with Crippen LogP contribution in [0.2, 0.25) is 0 Å². The average Bonchev–Trinajstić information content (AvgIpc) is 2.58. The number of carbonyl (C=O) groups is 3. The molecule has 3 N–H and O–H groups in total. The molecule has 8 nitrogen and oxygen atoms in total. The summed E-state index contributed by atoms with van der Waals surface area (Å²) in [5, 5.41) is 15.4. The Labute approximate surface area is 204 Å². The molecule has 0 radical (unpaired) electrons. The number of aliphatic hydroxyl groups is 1. The third-order valence-electron chi connectivity index (χ3n) is 4.70. The van der Waals surface area contributed by atoms with E-state index in [0.29, 0.717) is 5.56 Å². The number of alkyl carbamates (subject to hydrolysis) is 1. The van der Waals surface area contributed by atoms with Crippen LogP contribution in [-0.2, 0) is 14.3 Å². The van der Waals surface area contributed by atoms with Gasteiger partial charge in [-0.2, -0.15) is 0 Å². The lowest BCUT2D eigenvalue weighted by molar-refractivity contribution is -0.149. The number of aliphatic hydroxyl groups excluding tert-OH is 1. The van der Waals surface area contributed by atoms with E-state index >= 15 is 0 Å². The summed E-state index contributed by atoms with van der Waals surface area (Å²) in [5.74, 6) is -0.941. The first-order valence-corrected chi connectivity index (χ1v) is 11.6. The maximum Gasteiger partial charge on any atom is 0.408 e. The van der Waals surface area contributed by atoms with E-state index in [1.807, 2.05) is 73.6 Å². The van der Waals surface area contributed by atoms with Crippen molar-refractivity contribution >= 4 is 17.9 Å². The standard InChI is InChI=1S/C26H43N3O5/c1-16-12-17(2)14-18(13-16)20(21(31)28-24(3,4)5)29(25(6,7)8)22(32)19(15-30)27-23(33)34-26(9,10)11/h12-14,19-20,30H,15H2,1-11H3,(H,27,33)(H,28,31). The van der Waals surface area contributed by atoms with Crippen molar-refractivity contribution < 1.29 is 24.2 Å². The highest BCUT2D eigenvalue weighted by atomic mass is 16.6. The van der Waals surface area contributed by atoms with Crippen molar-refractivity contribution in [2.75, 3.05) is 6.61 Å². The van der Waals surface area contributed by atoms with E-state index in [9.17, 15) is 19.5 Å². The lowest BCUT2D eigenvalue weighted by atomic mass is 9.93. The van der Waals surface area contributed by atoms with Crippen molar-refractivity contribution in [3.05, 3.63) is 34.9 Å². The summed E-state index contributed by atoms with van der Waals surface area (Å²) in [4.78, 5) is 41.2. The Balaban J connectivity index is 3.57. The van der Waals surface area contributed by atoms with Gasteiger partial charge >= 0.3 is 6.09 Å². The lowest BCUT2D eigenvalue weighted by Gasteiger charge is -2.43. The number of nitrogens with one attached hydrogen (secondary N) is 2. The first-order chi connectivity index (χ1) is 15.2. The van der Waals surface area contributed by atoms with Gasteiger partial charge in [0.1, 0.15) is 17.7 Å². The normalized spacial score (nSPS) is 14.1. The van der Waals surface area contributed by atoms with Crippen molar-refractivity contribution in [3.8, 4) is 0 Å². The van der Waals surface area contributed by atoms with Gasteiger partial charge in [-0.25, -0.2) is 4.79 Å². The molecule has 0 aliphatic carbocycles. The summed E-state index contributed by atoms with van der Waals surface area (Å²) < 4.78 is 5.26. The van der Waals surface area contributed by atoms with Crippen LogP contribution in [0.15, 0.2) is 18.2 Å². The van der Waals surface area contributed by atoms with E-state index < -0.39 is 47.4 Å². The smallest absolute Gasteiger partial charge is 0.408 e. The second kappa shape index (κ2) is 10.8. The summed E-state index contributed by atoms with van der Waals surface area (Å²) in [6.07, 6.45) is -0.823. The molecule has 0 saturated heterocycles. The molecule has 0 aromatic heterocycles. The zero-order chi connectivity index (χ0) is 26.6. The molecule has 8 heteroatoms. The number of hydrogen-bond acceptors (Lipinski definition) is 5. The van der Waals surface area contributed by atoms with Crippen LogP contribution in [-0.4, -0.2) is 57.2 Å². The fourth-order valence-electron chi connectivity index (χ4n) is 3.67. The highest BCUT2D eigenvalue weighted by Crippen LogP contribution is 2.31. The van der Waals surface area contributed by atoms with Crippen LogP contribution in [0.3, 0.4) is 0 Å². The second-order valence-corrected chi connectivity index (χ2v) is 11.8. The summed E-state index contributed by atoms with van der Waals surface area (Å²) in [6.45, 7) is 19.4. The molecule has 0 heterocycles. The molecule has 192 valence electrons. The molecular weight excluding hydrogens is 434 g/mol. The van der Waals surface area contributed by atoms with Crippen molar-refractivity contribution in [1.29, 1.82) is 0 Å². The van der Waals surface area contributed by atoms with Gasteiger partial charge in [-0.3, -0.25) is 9.59 Å². The Bertz CT molecular complexity index is 871. The van der Waals surface area contributed by atoms with Gasteiger partial charge in [0, 0.05) is 11.1 Å². The van der Waals surface area contributed by atoms with E-state index in [1.54, 1.807) is 20.8 Å². The van der Waals surface area contributed by atoms with Gasteiger partial charge in [-0.1, -0.05) is 29.3 Å². The molecule has 0 saturated carbocycles. The fraction of sp³-hybridized carbons (Fsp3) is 0.654. The molecule has 0 bridgehead atoms. The van der Waals surface area contributed by atoms with Crippen LogP contribution >= 0.6 is 0 Å². The van der Waals surface area contributed by atoms with Gasteiger partial charge in [0.15, 0.2) is 0 Å². The molecule has 2 unspecified atom stereocenters. The molecule has 1 aromatic carbocycles. The minimum Gasteiger partial charge on any atom is -0.444 e. The van der Waals surface area contributed by atoms with E-state index in [1.165, 1.54) is 4.90 Å². The zero-order valence-electron chi connectivity index (χ0n) is 22.6. The molecule has 0 aliphatic rings. The first kappa shape index (κ1) is 29.4. The second-order valence-electron chi connectivity index (χ2n) is 11.8. The van der Waals surface area contributed by atoms with E-state index in [4.69, 9.17) is 4.74 Å². The third-order valence-corrected chi connectivity index (χ3v) is 4.70. The Morgan fingerprint density at radius 1 is 0.941 bits per heavy atom. The number of rotatable bonds is 6. The fourth-order valence-corrected chi connectivity index (χ4v) is 3.67. The molecule has 3 amide bonds. The van der Waals surface area contributed by atoms with Crippen LogP contribution in [0.5, 0.6) is 0 Å². The number of aryl methyl sites for hydroxylation is 2. The van der Waals surface area contributed by atoms with Crippen LogP contribution < -0.4 is 10.6 Å². The highest BCUT2D eigenvalue weighted by Gasteiger charge is 2.42. The quantitative estimate of drug-likeness (QED) is 0.578. The molecular formula is C26H43N3O5. The Morgan fingerprint density at radius 2 is 1.44 bits per heavy atom. The summed E-state index contributed by atoms with van der Waals surface area (Å²) in [5.41, 5.74) is 0.427. The highest BCUT2D eigenvalue weighted by molar-refractivity contribution is 5.93. The summed E-state index contributed by atoms with van der Waals surface area (Å²) >= 11 is 0. The minimum atomic E-state index is -1.29. The SMILES string of the molecule is Cc1cc(C)cc(C(C(=O)NC(C)(C)C)N(C(=O)C(CO)NC(=O)OC(C)(C)C)C(C)(C)C)c1. The van der Waals surface area contributed by atoms with E-state index in [2.05, 4.69) is 10.6 Å². The van der Waals surface area contributed by atoms with Gasteiger partial charge in [-0.05, 0) is 81.7 Å². The van der Waals surface area contributed by atoms with Gasteiger partial charge in [-0.15, -0.1) is 0 Å². The minimum absolute atomic E-state index is 0.352. The Hall–Kier alpha value is -2.61. The monoisotopic (exact) mass is 477 g/mol. The molecule has 34 heavy (non-hydrogen) atoms. The number of benzene rings is 1. The van der Waals surface area contributed by atoms with E-state index in [0.717, 1.165) is 11.1 Å². The number of amides is 3. The topological polar surface area (TPSA) is 108 Å². The van der Waals surface area contributed by atoms with Crippen molar-refractivity contribution in [2.24, 2.45) is 0 Å². The first-order valence-electron chi connectivity index (χ1n) is 11.6. The molecule has 2 atom stereocenters. The molecule has 0 spiro atoms. The maximum atomic E-state index is 13.8. The largest absolute Gasteiger partial charge is 0.444 e. The summed E-state index contributed by atoms with van der Waals surface area (Å²) in [7, 11) is 0. The number of carbonyl (C=O) groups excluding carboxylic acids is 3. The number of nitrogens with zero attached hydrogens (tertiary/aromatic N) is 1. The Kier molecular flexibility index (Phi) is 9.31. The molecule has 1 aromatic rings. The predicted molar refractivity (Wildman–Crippen MR) is 133 cm³/mol. The van der Waals surface area contributed by atoms with Gasteiger partial charge in [0.25, 0.3) is 0 Å². The van der Waals surface area contributed by atoms with Crippen molar-refractivity contribution in [3.63, 3.8) is 0 Å². The maximum absolute atomic E-state index is 13.8. The van der Waals surface area contributed by atoms with Gasteiger partial charge in [0.05, 0.1) is 6.61 Å². The van der Waals surface area contributed by atoms with Crippen LogP contribution in [0.4, 0.5) is 4.79 Å². The predicted octanol–water partition coefficient (Wildman–Crippen LogP) is 3.77. The average molecular weight is 478 g/mol. The number of hydrogen-bond donors (Lipinski definition) is 3. The van der Waals surface area contributed by atoms with Crippen molar-refractivity contribution in [2.45, 2.75) is 105 Å². The zero-order valence-corrected chi connectivity index (χ0v) is 22.6. The molecule has 0 aliphatic heterocycles. The number of ether oxygens (including phenoxy) is 1. The molecule has 0 fully saturated rings. The van der Waals surface area contributed by atoms with Crippen LogP contribution in [0.1, 0.15) is 85.0 Å². The lowest BCUT2D eigenvalue weighted by Crippen LogP contribution is -2.60. The van der Waals surface area contributed by atoms with Crippen LogP contribution in [0, 0.1) is 13.8 Å². The Morgan fingerprint density at radius 3 is 1.82 bits per heavy atom. The van der Waals surface area contributed by atoms with Crippen molar-refractivity contribution in [1.82, 2.24) is 15.5 Å². The van der Waals surface area contributed by atoms with Gasteiger partial charge in [0.2, 0.25) is 11.8 Å². The van der Waals surface area contributed by atoms with Crippen LogP contribution in [0.25, 0.3) is 0 Å².